The van der Waals surface area contributed by atoms with Crippen molar-refractivity contribution in [2.45, 2.75) is 26.5 Å². The molecule has 0 fully saturated rings. The Balaban J connectivity index is 1.59. The summed E-state index contributed by atoms with van der Waals surface area (Å²) >= 11 is 10.7. The largest absolute Gasteiger partial charge is 0.490 e. The molecule has 46 heavy (non-hydrogen) atoms. The van der Waals surface area contributed by atoms with Crippen molar-refractivity contribution in [2.75, 3.05) is 20.3 Å². The third-order valence-electron chi connectivity index (χ3n) is 6.88. The molecule has 0 N–H and O–H groups in total. The summed E-state index contributed by atoms with van der Waals surface area (Å²) in [5, 5.41) is 12.5. The van der Waals surface area contributed by atoms with E-state index in [4.69, 9.17) is 30.5 Å². The molecular formula is C32H27BrClN3O8S. The number of nitro benzene ring substituents is 1. The zero-order chi connectivity index (χ0) is 33.0. The van der Waals surface area contributed by atoms with Crippen molar-refractivity contribution < 1.29 is 28.7 Å². The number of carbonyl (C=O) groups excluding carboxylic acids is 1. The summed E-state index contributed by atoms with van der Waals surface area (Å²) in [6.45, 7) is 4.50. The van der Waals surface area contributed by atoms with Gasteiger partial charge in [-0.05, 0) is 71.2 Å². The maximum absolute atomic E-state index is 14.0. The Bertz CT molecular complexity index is 2040. The van der Waals surface area contributed by atoms with Gasteiger partial charge >= 0.3 is 11.7 Å². The number of hydrogen-bond acceptors (Lipinski definition) is 10. The summed E-state index contributed by atoms with van der Waals surface area (Å²) in [4.78, 5) is 43.0. The average Bonchev–Trinajstić information content (AvgIpc) is 3.35. The average molecular weight is 729 g/mol. The third kappa shape index (κ3) is 6.71. The molecule has 11 nitrogen and oxygen atoms in total. The summed E-state index contributed by atoms with van der Waals surface area (Å²) in [5.41, 5.74) is 1.00. The van der Waals surface area contributed by atoms with Gasteiger partial charge in [-0.25, -0.2) is 9.79 Å². The van der Waals surface area contributed by atoms with Crippen LogP contribution in [0.5, 0.6) is 17.2 Å². The van der Waals surface area contributed by atoms with Gasteiger partial charge in [0.15, 0.2) is 16.3 Å². The Kier molecular flexibility index (Phi) is 10.2. The minimum atomic E-state index is -0.887. The van der Waals surface area contributed by atoms with Crippen molar-refractivity contribution >= 4 is 56.6 Å². The maximum Gasteiger partial charge on any atom is 0.337 e. The first kappa shape index (κ1) is 32.9. The SMILES string of the molecule is CCOc1ccc([C@@H]2C(C(=O)OC)=CN=c3s/c(=C/c4cc(Br)c(OCc5ccccc5Cl)c([N+](=O)[O-])c4)c(=O)n32)cc1OCC. The molecule has 1 aromatic heterocycles. The number of benzene rings is 3. The zero-order valence-corrected chi connectivity index (χ0v) is 28.0. The van der Waals surface area contributed by atoms with E-state index in [-0.39, 0.29) is 28.1 Å². The monoisotopic (exact) mass is 727 g/mol. The van der Waals surface area contributed by atoms with Crippen molar-refractivity contribution in [1.29, 1.82) is 0 Å². The number of esters is 1. The number of nitro groups is 1. The number of nitrogens with zero attached hydrogens (tertiary/aromatic N) is 3. The van der Waals surface area contributed by atoms with Crippen molar-refractivity contribution in [3.8, 4) is 17.2 Å². The van der Waals surface area contributed by atoms with E-state index in [0.29, 0.717) is 55.7 Å². The molecule has 2 heterocycles. The lowest BCUT2D eigenvalue weighted by Gasteiger charge is -2.23. The number of thiazole rings is 1. The van der Waals surface area contributed by atoms with Gasteiger partial charge in [0.2, 0.25) is 5.75 Å². The van der Waals surface area contributed by atoms with Gasteiger partial charge in [-0.15, -0.1) is 0 Å². The van der Waals surface area contributed by atoms with Gasteiger partial charge in [-0.3, -0.25) is 19.5 Å². The van der Waals surface area contributed by atoms with Gasteiger partial charge < -0.3 is 18.9 Å². The molecule has 0 aliphatic carbocycles. The van der Waals surface area contributed by atoms with Crippen LogP contribution < -0.4 is 29.1 Å². The van der Waals surface area contributed by atoms with E-state index in [0.717, 1.165) is 11.3 Å². The van der Waals surface area contributed by atoms with Crippen molar-refractivity contribution in [3.05, 3.63) is 122 Å². The first-order chi connectivity index (χ1) is 22.2. The quantitative estimate of drug-likeness (QED) is 0.109. The van der Waals surface area contributed by atoms with E-state index in [2.05, 4.69) is 20.9 Å². The van der Waals surface area contributed by atoms with Gasteiger partial charge in [0, 0.05) is 22.9 Å². The summed E-state index contributed by atoms with van der Waals surface area (Å²) in [6.07, 6.45) is 2.91. The lowest BCUT2D eigenvalue weighted by Crippen LogP contribution is -2.39. The number of rotatable bonds is 11. The van der Waals surface area contributed by atoms with E-state index in [1.807, 2.05) is 13.8 Å². The molecule has 4 aromatic rings. The number of aromatic nitrogens is 1. The molecule has 238 valence electrons. The Morgan fingerprint density at radius 3 is 2.54 bits per heavy atom. The maximum atomic E-state index is 14.0. The first-order valence-electron chi connectivity index (χ1n) is 14.0. The molecule has 0 bridgehead atoms. The molecule has 1 aliphatic heterocycles. The summed E-state index contributed by atoms with van der Waals surface area (Å²) in [6, 6.07) is 14.3. The minimum Gasteiger partial charge on any atom is -0.490 e. The van der Waals surface area contributed by atoms with Crippen LogP contribution in [0.25, 0.3) is 6.08 Å². The molecule has 3 aromatic carbocycles. The molecule has 0 saturated heterocycles. The van der Waals surface area contributed by atoms with Gasteiger partial charge in [0.05, 0.1) is 45.9 Å². The second kappa shape index (κ2) is 14.3. The Hall–Kier alpha value is -4.46. The predicted octanol–water partition coefficient (Wildman–Crippen LogP) is 5.72. The van der Waals surface area contributed by atoms with E-state index in [1.54, 1.807) is 48.5 Å². The van der Waals surface area contributed by atoms with E-state index in [9.17, 15) is 19.7 Å². The van der Waals surface area contributed by atoms with Crippen molar-refractivity contribution in [2.24, 2.45) is 4.99 Å². The Morgan fingerprint density at radius 2 is 1.85 bits per heavy atom. The standard InChI is InChI=1S/C32H27BrClN3O8S/c1-4-43-25-11-10-19(15-26(25)44-5-2)28-21(31(39)42-3)16-35-32-36(28)30(38)27(46-32)14-18-12-22(33)29(24(13-18)37(40)41)45-17-20-8-6-7-9-23(20)34/h6-16,28H,4-5,17H2,1-3H3/b27-14+/t28-/m1/s1. The van der Waals surface area contributed by atoms with Crippen LogP contribution in [0.3, 0.4) is 0 Å². The summed E-state index contributed by atoms with van der Waals surface area (Å²) in [7, 11) is 1.25. The number of fused-ring (bicyclic) bond motifs is 1. The van der Waals surface area contributed by atoms with Crippen molar-refractivity contribution in [1.82, 2.24) is 4.57 Å². The zero-order valence-electron chi connectivity index (χ0n) is 24.8. The molecule has 14 heteroatoms. The van der Waals surface area contributed by atoms with E-state index in [1.165, 1.54) is 30.0 Å². The molecular weight excluding hydrogens is 702 g/mol. The molecule has 0 unspecified atom stereocenters. The third-order valence-corrected chi connectivity index (χ3v) is 8.83. The van der Waals surface area contributed by atoms with Gasteiger partial charge in [-0.1, -0.05) is 47.2 Å². The lowest BCUT2D eigenvalue weighted by molar-refractivity contribution is -0.386. The number of ether oxygens (including phenoxy) is 4. The molecule has 5 rings (SSSR count). The van der Waals surface area contributed by atoms with Gasteiger partial charge in [0.25, 0.3) is 5.56 Å². The second-order valence-electron chi connectivity index (χ2n) is 9.74. The van der Waals surface area contributed by atoms with E-state index >= 15 is 0 Å². The first-order valence-corrected chi connectivity index (χ1v) is 16.0. The predicted molar refractivity (Wildman–Crippen MR) is 177 cm³/mol. The molecule has 0 spiro atoms. The summed E-state index contributed by atoms with van der Waals surface area (Å²) < 4.78 is 24.3. The van der Waals surface area contributed by atoms with Gasteiger partial charge in [0.1, 0.15) is 6.61 Å². The summed E-state index contributed by atoms with van der Waals surface area (Å²) in [5.74, 6) is 0.350. The number of carbonyl (C=O) groups is 1. The highest BCUT2D eigenvalue weighted by Gasteiger charge is 2.31. The number of halogens is 2. The van der Waals surface area contributed by atoms with Crippen LogP contribution in [0.2, 0.25) is 5.02 Å². The highest BCUT2D eigenvalue weighted by Crippen LogP contribution is 2.38. The Labute approximate surface area is 280 Å². The van der Waals surface area contributed by atoms with Crippen LogP contribution in [-0.4, -0.2) is 35.8 Å². The van der Waals surface area contributed by atoms with E-state index < -0.39 is 22.5 Å². The van der Waals surface area contributed by atoms with Crippen LogP contribution >= 0.6 is 38.9 Å². The molecule has 0 amide bonds. The molecule has 1 atom stereocenters. The fourth-order valence-corrected chi connectivity index (χ4v) is 6.61. The second-order valence-corrected chi connectivity index (χ2v) is 12.0. The molecule has 1 aliphatic rings. The smallest absolute Gasteiger partial charge is 0.337 e. The fourth-order valence-electron chi connectivity index (χ4n) is 4.87. The number of methoxy groups -OCH3 is 1. The van der Waals surface area contributed by atoms with Crippen LogP contribution in [-0.2, 0) is 16.1 Å². The highest BCUT2D eigenvalue weighted by atomic mass is 79.9. The molecule has 0 radical (unpaired) electrons. The number of hydrogen-bond donors (Lipinski definition) is 0. The normalized spacial score (nSPS) is 14.2. The van der Waals surface area contributed by atoms with Crippen LogP contribution in [0.1, 0.15) is 36.6 Å². The van der Waals surface area contributed by atoms with Crippen LogP contribution in [0.4, 0.5) is 5.69 Å². The fraction of sp³-hybridized carbons (Fsp3) is 0.219. The van der Waals surface area contributed by atoms with Gasteiger partial charge in [-0.2, -0.15) is 0 Å². The minimum absolute atomic E-state index is 0.0101. The van der Waals surface area contributed by atoms with Crippen LogP contribution in [0.15, 0.2) is 80.6 Å². The lowest BCUT2D eigenvalue weighted by atomic mass is 9.97. The van der Waals surface area contributed by atoms with Crippen molar-refractivity contribution in [3.63, 3.8) is 0 Å². The topological polar surface area (TPSA) is 131 Å². The Morgan fingerprint density at radius 1 is 1.11 bits per heavy atom. The highest BCUT2D eigenvalue weighted by molar-refractivity contribution is 9.10. The molecule has 0 saturated carbocycles. The van der Waals surface area contributed by atoms with Crippen LogP contribution in [0, 0.1) is 10.1 Å².